The highest BCUT2D eigenvalue weighted by Gasteiger charge is 2.64. The van der Waals surface area contributed by atoms with Gasteiger partial charge in [0.2, 0.25) is 5.91 Å². The summed E-state index contributed by atoms with van der Waals surface area (Å²) in [6.07, 6.45) is 5.51. The molecule has 8 nitrogen and oxygen atoms in total. The fourth-order valence-electron chi connectivity index (χ4n) is 6.35. The van der Waals surface area contributed by atoms with Crippen LogP contribution in [0.15, 0.2) is 54.9 Å². The van der Waals surface area contributed by atoms with Gasteiger partial charge < -0.3 is 4.90 Å². The van der Waals surface area contributed by atoms with Crippen LogP contribution in [0.5, 0.6) is 0 Å². The number of amides is 1. The molecular weight excluding hydrogens is 514 g/mol. The minimum atomic E-state index is -0.429. The van der Waals surface area contributed by atoms with Gasteiger partial charge in [0.05, 0.1) is 11.6 Å². The van der Waals surface area contributed by atoms with Crippen molar-refractivity contribution in [3.8, 4) is 11.1 Å². The molecule has 2 aromatic carbocycles. The van der Waals surface area contributed by atoms with E-state index in [0.717, 1.165) is 23.1 Å². The summed E-state index contributed by atoms with van der Waals surface area (Å²) in [5, 5.41) is 5.25. The maximum Gasteiger partial charge on any atom is 0.245 e. The molecule has 0 bridgehead atoms. The van der Waals surface area contributed by atoms with E-state index in [-0.39, 0.29) is 41.4 Å². The molecule has 0 radical (unpaired) electrons. The predicted molar refractivity (Wildman–Crippen MR) is 156 cm³/mol. The number of aryl methyl sites for hydroxylation is 2. The first-order valence-corrected chi connectivity index (χ1v) is 14.2. The molecule has 2 fully saturated rings. The van der Waals surface area contributed by atoms with Gasteiger partial charge in [-0.2, -0.15) is 5.10 Å². The molecule has 210 valence electrons. The first-order chi connectivity index (χ1) is 19.5. The first kappa shape index (κ1) is 27.0. The molecule has 0 N–H and O–H groups in total. The number of nitrogens with zero attached hydrogens (tertiary/aromatic N) is 5. The topological polar surface area (TPSA) is 98.1 Å². The summed E-state index contributed by atoms with van der Waals surface area (Å²) in [5.74, 6) is 0.562. The quantitative estimate of drug-likeness (QED) is 0.271. The minimum Gasteiger partial charge on any atom is -0.327 e. The van der Waals surface area contributed by atoms with Gasteiger partial charge in [-0.15, -0.1) is 0 Å². The van der Waals surface area contributed by atoms with E-state index in [1.165, 1.54) is 12.5 Å². The number of carbonyl (C=O) groups is 3. The van der Waals surface area contributed by atoms with E-state index in [1.807, 2.05) is 30.0 Å². The maximum atomic E-state index is 13.9. The van der Waals surface area contributed by atoms with Crippen LogP contribution >= 0.6 is 0 Å². The Hall–Kier alpha value is -4.20. The maximum absolute atomic E-state index is 13.9. The van der Waals surface area contributed by atoms with Crippen LogP contribution in [0.1, 0.15) is 73.4 Å². The van der Waals surface area contributed by atoms with Crippen LogP contribution < -0.4 is 0 Å². The van der Waals surface area contributed by atoms with Crippen LogP contribution in [0.4, 0.5) is 0 Å². The third-order valence-electron chi connectivity index (χ3n) is 8.93. The Bertz CT molecular complexity index is 1670. The van der Waals surface area contributed by atoms with Crippen molar-refractivity contribution in [2.45, 2.75) is 78.4 Å². The van der Waals surface area contributed by atoms with Crippen LogP contribution in [0.3, 0.4) is 0 Å². The number of rotatable bonds is 8. The minimum absolute atomic E-state index is 0.00910. The zero-order valence-corrected chi connectivity index (χ0v) is 24.2. The Morgan fingerprint density at radius 3 is 2.39 bits per heavy atom. The lowest BCUT2D eigenvalue weighted by Crippen LogP contribution is -2.45. The number of ketones is 2. The van der Waals surface area contributed by atoms with Gasteiger partial charge in [-0.3, -0.25) is 19.1 Å². The lowest BCUT2D eigenvalue weighted by atomic mass is 9.90. The molecule has 4 atom stereocenters. The van der Waals surface area contributed by atoms with Gasteiger partial charge >= 0.3 is 0 Å². The van der Waals surface area contributed by atoms with Crippen LogP contribution in [-0.4, -0.2) is 54.2 Å². The van der Waals surface area contributed by atoms with Gasteiger partial charge in [0.1, 0.15) is 18.1 Å². The standard InChI is InChI=1S/C33H35N5O3/c1-19-6-8-23(9-7-19)20(2)12-29(40)28-14-33(5)15-30(33)38(28)31(41)18-37-27-11-10-24(25-16-34-22(4)35-17-25)13-26(27)32(36-37)21(3)39/h6-11,13,16-17,20,28,30H,12,14-15,18H2,1-5H3/t20-,28+,30?,33+/m1/s1. The van der Waals surface area contributed by atoms with Gasteiger partial charge in [-0.1, -0.05) is 49.7 Å². The van der Waals surface area contributed by atoms with Gasteiger partial charge in [0.25, 0.3) is 0 Å². The summed E-state index contributed by atoms with van der Waals surface area (Å²) in [6, 6.07) is 13.7. The Morgan fingerprint density at radius 1 is 1.00 bits per heavy atom. The monoisotopic (exact) mass is 549 g/mol. The zero-order valence-electron chi connectivity index (χ0n) is 24.2. The SMILES string of the molecule is CC(=O)c1nn(CC(=O)N2C3C[C@]3(C)C[C@H]2C(=O)C[C@@H](C)c2ccc(C)cc2)c2ccc(-c3cnc(C)nc3)cc12. The van der Waals surface area contributed by atoms with Crippen molar-refractivity contribution >= 4 is 28.4 Å². The molecule has 4 aromatic rings. The Morgan fingerprint density at radius 2 is 1.71 bits per heavy atom. The number of aromatic nitrogens is 4. The molecule has 1 aliphatic heterocycles. The molecule has 1 unspecified atom stereocenters. The van der Waals surface area contributed by atoms with Crippen LogP contribution in [0.25, 0.3) is 22.0 Å². The number of hydrogen-bond acceptors (Lipinski definition) is 6. The Balaban J connectivity index is 1.25. The fraction of sp³-hybridized carbons (Fsp3) is 0.394. The summed E-state index contributed by atoms with van der Waals surface area (Å²) in [4.78, 5) is 50.4. The number of likely N-dealkylation sites (tertiary alicyclic amines) is 1. The predicted octanol–water partition coefficient (Wildman–Crippen LogP) is 5.46. The van der Waals surface area contributed by atoms with Gasteiger partial charge in [0.15, 0.2) is 11.6 Å². The normalized spacial score (nSPS) is 22.0. The number of Topliss-reactive ketones (excluding diaryl/α,β-unsaturated/α-hetero) is 2. The summed E-state index contributed by atoms with van der Waals surface area (Å²) < 4.78 is 1.61. The van der Waals surface area contributed by atoms with Crippen LogP contribution in [0, 0.1) is 19.3 Å². The molecule has 0 spiro atoms. The van der Waals surface area contributed by atoms with Gasteiger partial charge in [-0.25, -0.2) is 9.97 Å². The van der Waals surface area contributed by atoms with E-state index in [2.05, 4.69) is 60.1 Å². The van der Waals surface area contributed by atoms with Gasteiger partial charge in [-0.05, 0) is 61.3 Å². The van der Waals surface area contributed by atoms with E-state index in [0.29, 0.717) is 35.3 Å². The molecular formula is C33H35N5O3. The molecule has 8 heteroatoms. The molecule has 3 heterocycles. The lowest BCUT2D eigenvalue weighted by Gasteiger charge is -2.28. The van der Waals surface area contributed by atoms with Crippen molar-refractivity contribution in [2.24, 2.45) is 5.41 Å². The highest BCUT2D eigenvalue weighted by molar-refractivity contribution is 6.06. The largest absolute Gasteiger partial charge is 0.327 e. The molecule has 6 rings (SSSR count). The Labute approximate surface area is 239 Å². The van der Waals surface area contributed by atoms with Crippen molar-refractivity contribution in [1.82, 2.24) is 24.6 Å². The number of fused-ring (bicyclic) bond motifs is 2. The molecule has 1 amide bonds. The van der Waals surface area contributed by atoms with E-state index in [9.17, 15) is 14.4 Å². The zero-order chi connectivity index (χ0) is 29.1. The summed E-state index contributed by atoms with van der Waals surface area (Å²) >= 11 is 0. The van der Waals surface area contributed by atoms with Crippen molar-refractivity contribution < 1.29 is 14.4 Å². The number of hydrogen-bond donors (Lipinski definition) is 0. The Kier molecular flexibility index (Phi) is 6.59. The van der Waals surface area contributed by atoms with Crippen LogP contribution in [0.2, 0.25) is 0 Å². The molecule has 2 aliphatic rings. The molecule has 1 saturated heterocycles. The van der Waals surface area contributed by atoms with Crippen molar-refractivity contribution in [3.63, 3.8) is 0 Å². The summed E-state index contributed by atoms with van der Waals surface area (Å²) in [6.45, 7) is 9.57. The van der Waals surface area contributed by atoms with E-state index in [1.54, 1.807) is 17.1 Å². The van der Waals surface area contributed by atoms with Crippen molar-refractivity contribution in [2.75, 3.05) is 0 Å². The number of carbonyl (C=O) groups excluding carboxylic acids is 3. The smallest absolute Gasteiger partial charge is 0.245 e. The van der Waals surface area contributed by atoms with Crippen molar-refractivity contribution in [3.05, 3.63) is 77.5 Å². The molecule has 2 aromatic heterocycles. The molecule has 41 heavy (non-hydrogen) atoms. The summed E-state index contributed by atoms with van der Waals surface area (Å²) in [5.41, 5.74) is 5.04. The number of piperidine rings is 1. The van der Waals surface area contributed by atoms with E-state index in [4.69, 9.17) is 0 Å². The molecule has 1 aliphatic carbocycles. The fourth-order valence-corrected chi connectivity index (χ4v) is 6.35. The third kappa shape index (κ3) is 4.96. The molecule has 1 saturated carbocycles. The van der Waals surface area contributed by atoms with Crippen molar-refractivity contribution in [1.29, 1.82) is 0 Å². The first-order valence-electron chi connectivity index (χ1n) is 14.2. The van der Waals surface area contributed by atoms with E-state index < -0.39 is 6.04 Å². The number of benzene rings is 2. The van der Waals surface area contributed by atoms with E-state index >= 15 is 0 Å². The second-order valence-corrected chi connectivity index (χ2v) is 12.2. The average Bonchev–Trinajstić information content (AvgIpc) is 3.30. The highest BCUT2D eigenvalue weighted by Crippen LogP contribution is 2.59. The second kappa shape index (κ2) is 10.0. The lowest BCUT2D eigenvalue weighted by molar-refractivity contribution is -0.139. The summed E-state index contributed by atoms with van der Waals surface area (Å²) in [7, 11) is 0. The van der Waals surface area contributed by atoms with Crippen LogP contribution in [-0.2, 0) is 16.1 Å². The third-order valence-corrected chi connectivity index (χ3v) is 8.93. The van der Waals surface area contributed by atoms with Gasteiger partial charge in [0, 0.05) is 42.7 Å². The average molecular weight is 550 g/mol. The highest BCUT2D eigenvalue weighted by atomic mass is 16.2. The second-order valence-electron chi connectivity index (χ2n) is 12.2.